The molecule has 20 heavy (non-hydrogen) atoms. The van der Waals surface area contributed by atoms with Gasteiger partial charge in [-0.25, -0.2) is 8.42 Å². The molecule has 2 aliphatic rings. The van der Waals surface area contributed by atoms with Crippen molar-refractivity contribution < 1.29 is 13.5 Å². The number of sulfonamides is 1. The molecule has 2 saturated heterocycles. The fourth-order valence-corrected chi connectivity index (χ4v) is 5.00. The lowest BCUT2D eigenvalue weighted by Gasteiger charge is -2.35. The molecule has 0 spiro atoms. The standard InChI is InChI=1S/C15H19NO3S/c17-15-10-13-6-7-14(11-15)16(13)20(18,19)9-8-12-4-2-1-3-5-12/h1-5,8-9,13-15,17H,6-7,10-11H2. The van der Waals surface area contributed by atoms with E-state index in [1.165, 1.54) is 5.41 Å². The highest BCUT2D eigenvalue weighted by Crippen LogP contribution is 2.38. The van der Waals surface area contributed by atoms with Crippen LogP contribution in [-0.2, 0) is 10.0 Å². The molecule has 1 aromatic rings. The van der Waals surface area contributed by atoms with Crippen LogP contribution in [0.4, 0.5) is 0 Å². The lowest BCUT2D eigenvalue weighted by Crippen LogP contribution is -2.47. The number of nitrogens with zero attached hydrogens (tertiary/aromatic N) is 1. The predicted octanol–water partition coefficient (Wildman–Crippen LogP) is 1.97. The number of fused-ring (bicyclic) bond motifs is 2. The third-order valence-electron chi connectivity index (χ3n) is 4.17. The molecule has 0 saturated carbocycles. The summed E-state index contributed by atoms with van der Waals surface area (Å²) in [4.78, 5) is 0. The molecule has 0 aromatic heterocycles. The molecule has 4 nitrogen and oxygen atoms in total. The zero-order chi connectivity index (χ0) is 14.2. The molecular weight excluding hydrogens is 274 g/mol. The molecule has 3 rings (SSSR count). The van der Waals surface area contributed by atoms with Crippen LogP contribution in [0.15, 0.2) is 35.7 Å². The molecule has 1 aromatic carbocycles. The molecule has 108 valence electrons. The monoisotopic (exact) mass is 293 g/mol. The minimum absolute atomic E-state index is 0.0332. The first-order valence-corrected chi connectivity index (χ1v) is 8.51. The minimum Gasteiger partial charge on any atom is -0.393 e. The van der Waals surface area contributed by atoms with Crippen molar-refractivity contribution in [2.24, 2.45) is 0 Å². The smallest absolute Gasteiger partial charge is 0.236 e. The second kappa shape index (κ2) is 5.31. The number of rotatable bonds is 3. The van der Waals surface area contributed by atoms with Gasteiger partial charge in [0.15, 0.2) is 0 Å². The number of aliphatic hydroxyl groups excluding tert-OH is 1. The van der Waals surface area contributed by atoms with E-state index in [1.54, 1.807) is 10.4 Å². The normalized spacial score (nSPS) is 30.9. The maximum atomic E-state index is 12.5. The average molecular weight is 293 g/mol. The average Bonchev–Trinajstić information content (AvgIpc) is 2.72. The number of hydrogen-bond donors (Lipinski definition) is 1. The Labute approximate surface area is 119 Å². The Kier molecular flexibility index (Phi) is 3.67. The van der Waals surface area contributed by atoms with E-state index >= 15 is 0 Å². The van der Waals surface area contributed by atoms with Gasteiger partial charge in [-0.05, 0) is 37.3 Å². The van der Waals surface area contributed by atoms with Gasteiger partial charge in [-0.2, -0.15) is 4.31 Å². The highest BCUT2D eigenvalue weighted by Gasteiger charge is 2.45. The summed E-state index contributed by atoms with van der Waals surface area (Å²) in [7, 11) is -3.40. The summed E-state index contributed by atoms with van der Waals surface area (Å²) in [6.07, 6.45) is 4.14. The van der Waals surface area contributed by atoms with Crippen molar-refractivity contribution in [3.05, 3.63) is 41.3 Å². The third kappa shape index (κ3) is 2.66. The van der Waals surface area contributed by atoms with Gasteiger partial charge in [0, 0.05) is 17.5 Å². The summed E-state index contributed by atoms with van der Waals surface area (Å²) < 4.78 is 26.6. The summed E-state index contributed by atoms with van der Waals surface area (Å²) in [5, 5.41) is 11.0. The fraction of sp³-hybridized carbons (Fsp3) is 0.467. The largest absolute Gasteiger partial charge is 0.393 e. The molecule has 5 heteroatoms. The van der Waals surface area contributed by atoms with E-state index in [1.807, 2.05) is 30.3 Å². The van der Waals surface area contributed by atoms with Crippen LogP contribution in [0.5, 0.6) is 0 Å². The maximum Gasteiger partial charge on any atom is 0.236 e. The Morgan fingerprint density at radius 1 is 1.10 bits per heavy atom. The summed E-state index contributed by atoms with van der Waals surface area (Å²) in [6.45, 7) is 0. The molecule has 2 heterocycles. The summed E-state index contributed by atoms with van der Waals surface area (Å²) in [6, 6.07) is 9.35. The van der Waals surface area contributed by atoms with Gasteiger partial charge in [-0.1, -0.05) is 30.3 Å². The number of aliphatic hydroxyl groups is 1. The number of benzene rings is 1. The van der Waals surface area contributed by atoms with Crippen LogP contribution in [0.25, 0.3) is 6.08 Å². The van der Waals surface area contributed by atoms with Crippen LogP contribution in [0.2, 0.25) is 0 Å². The highest BCUT2D eigenvalue weighted by atomic mass is 32.2. The highest BCUT2D eigenvalue weighted by molar-refractivity contribution is 7.92. The molecule has 2 unspecified atom stereocenters. The van der Waals surface area contributed by atoms with Gasteiger partial charge in [0.25, 0.3) is 0 Å². The van der Waals surface area contributed by atoms with Crippen molar-refractivity contribution in [2.45, 2.75) is 43.9 Å². The van der Waals surface area contributed by atoms with E-state index in [2.05, 4.69) is 0 Å². The van der Waals surface area contributed by atoms with E-state index in [4.69, 9.17) is 0 Å². The quantitative estimate of drug-likeness (QED) is 0.927. The SMILES string of the molecule is O=S(=O)(C=Cc1ccccc1)N1C2CCC1CC(O)C2. The first-order valence-electron chi connectivity index (χ1n) is 7.01. The van der Waals surface area contributed by atoms with Crippen molar-refractivity contribution in [3.63, 3.8) is 0 Å². The minimum atomic E-state index is -3.40. The molecule has 2 bridgehead atoms. The van der Waals surface area contributed by atoms with Crippen molar-refractivity contribution in [3.8, 4) is 0 Å². The molecule has 2 atom stereocenters. The van der Waals surface area contributed by atoms with Crippen molar-refractivity contribution in [1.29, 1.82) is 0 Å². The Balaban J connectivity index is 1.81. The first kappa shape index (κ1) is 13.8. The third-order valence-corrected chi connectivity index (χ3v) is 5.83. The summed E-state index contributed by atoms with van der Waals surface area (Å²) in [5.74, 6) is 0. The van der Waals surface area contributed by atoms with Gasteiger partial charge in [0.05, 0.1) is 6.10 Å². The topological polar surface area (TPSA) is 57.6 Å². The lowest BCUT2D eigenvalue weighted by molar-refractivity contribution is 0.0775. The van der Waals surface area contributed by atoms with Crippen molar-refractivity contribution in [1.82, 2.24) is 4.31 Å². The Bertz CT molecular complexity index is 583. The molecular formula is C15H19NO3S. The van der Waals surface area contributed by atoms with E-state index < -0.39 is 10.0 Å². The number of piperidine rings is 1. The Hall–Kier alpha value is -1.17. The van der Waals surface area contributed by atoms with Gasteiger partial charge in [-0.3, -0.25) is 0 Å². The van der Waals surface area contributed by atoms with Crippen LogP contribution in [0, 0.1) is 0 Å². The molecule has 2 aliphatic heterocycles. The zero-order valence-corrected chi connectivity index (χ0v) is 12.0. The van der Waals surface area contributed by atoms with E-state index in [0.717, 1.165) is 18.4 Å². The lowest BCUT2D eigenvalue weighted by atomic mass is 10.0. The summed E-state index contributed by atoms with van der Waals surface area (Å²) in [5.41, 5.74) is 0.875. The molecule has 0 aliphatic carbocycles. The van der Waals surface area contributed by atoms with Crippen LogP contribution >= 0.6 is 0 Å². The van der Waals surface area contributed by atoms with E-state index in [-0.39, 0.29) is 18.2 Å². The van der Waals surface area contributed by atoms with Crippen molar-refractivity contribution in [2.75, 3.05) is 0 Å². The van der Waals surface area contributed by atoms with Crippen LogP contribution in [-0.4, -0.2) is 36.0 Å². The van der Waals surface area contributed by atoms with Crippen LogP contribution in [0.1, 0.15) is 31.2 Å². The van der Waals surface area contributed by atoms with Gasteiger partial charge in [0.2, 0.25) is 10.0 Å². The first-order chi connectivity index (χ1) is 9.56. The number of hydrogen-bond acceptors (Lipinski definition) is 3. The second-order valence-corrected chi connectivity index (χ2v) is 7.32. The summed E-state index contributed by atoms with van der Waals surface area (Å²) >= 11 is 0. The molecule has 2 fully saturated rings. The van der Waals surface area contributed by atoms with E-state index in [9.17, 15) is 13.5 Å². The van der Waals surface area contributed by atoms with Crippen LogP contribution < -0.4 is 0 Å². The van der Waals surface area contributed by atoms with Gasteiger partial charge in [-0.15, -0.1) is 0 Å². The fourth-order valence-electron chi connectivity index (χ4n) is 3.32. The van der Waals surface area contributed by atoms with Crippen LogP contribution in [0.3, 0.4) is 0 Å². The predicted molar refractivity (Wildman–Crippen MR) is 78.3 cm³/mol. The second-order valence-electron chi connectivity index (χ2n) is 5.60. The molecule has 0 amide bonds. The van der Waals surface area contributed by atoms with E-state index in [0.29, 0.717) is 12.8 Å². The molecule has 0 radical (unpaired) electrons. The zero-order valence-electron chi connectivity index (χ0n) is 11.2. The van der Waals surface area contributed by atoms with Crippen molar-refractivity contribution >= 4 is 16.1 Å². The maximum absolute atomic E-state index is 12.5. The Morgan fingerprint density at radius 3 is 2.30 bits per heavy atom. The van der Waals surface area contributed by atoms with Gasteiger partial charge < -0.3 is 5.11 Å². The Morgan fingerprint density at radius 2 is 1.70 bits per heavy atom. The van der Waals surface area contributed by atoms with Gasteiger partial charge in [0.1, 0.15) is 0 Å². The molecule has 1 N–H and O–H groups in total. The van der Waals surface area contributed by atoms with Gasteiger partial charge >= 0.3 is 0 Å².